The highest BCUT2D eigenvalue weighted by molar-refractivity contribution is 6.07. The van der Waals surface area contributed by atoms with E-state index in [1.165, 1.54) is 0 Å². The number of carbonyl (C=O) groups is 2. The number of nitrogens with zero attached hydrogens (tertiary/aromatic N) is 3. The molecule has 0 spiro atoms. The number of urea groups is 1. The van der Waals surface area contributed by atoms with Crippen molar-refractivity contribution in [2.24, 2.45) is 5.92 Å². The second-order valence-corrected chi connectivity index (χ2v) is 8.43. The fraction of sp³-hybridized carbons (Fsp3) is 0.333. The van der Waals surface area contributed by atoms with Gasteiger partial charge in [-0.3, -0.25) is 25.0 Å². The third-order valence-electron chi connectivity index (χ3n) is 6.56. The highest BCUT2D eigenvalue weighted by Gasteiger charge is 2.52. The summed E-state index contributed by atoms with van der Waals surface area (Å²) in [5.41, 5.74) is 3.18. The first-order valence-corrected chi connectivity index (χ1v) is 10.7. The van der Waals surface area contributed by atoms with Gasteiger partial charge in [0.1, 0.15) is 5.54 Å². The number of benzene rings is 2. The molecule has 3 amide bonds. The second-order valence-electron chi connectivity index (χ2n) is 8.43. The zero-order valence-electron chi connectivity index (χ0n) is 17.3. The molecule has 1 atom stereocenters. The molecule has 5 rings (SSSR count). The van der Waals surface area contributed by atoms with Crippen molar-refractivity contribution >= 4 is 23.0 Å². The molecular formula is C24H25N5O2. The topological polar surface area (TPSA) is 87.2 Å². The highest BCUT2D eigenvalue weighted by atomic mass is 16.2. The van der Waals surface area contributed by atoms with Crippen molar-refractivity contribution in [2.45, 2.75) is 31.3 Å². The second kappa shape index (κ2) is 8.07. The van der Waals surface area contributed by atoms with E-state index in [2.05, 4.69) is 31.6 Å². The summed E-state index contributed by atoms with van der Waals surface area (Å²) in [4.78, 5) is 36.3. The van der Waals surface area contributed by atoms with Crippen LogP contribution in [0.3, 0.4) is 0 Å². The summed E-state index contributed by atoms with van der Waals surface area (Å²) in [6.07, 6.45) is 5.64. The van der Waals surface area contributed by atoms with Crippen LogP contribution in [0.4, 0.5) is 4.79 Å². The van der Waals surface area contributed by atoms with Crippen LogP contribution in [0, 0.1) is 5.92 Å². The first-order valence-electron chi connectivity index (χ1n) is 10.7. The van der Waals surface area contributed by atoms with Crippen LogP contribution >= 0.6 is 0 Å². The quantitative estimate of drug-likeness (QED) is 0.626. The van der Waals surface area contributed by atoms with E-state index in [9.17, 15) is 9.59 Å². The Bertz CT molecular complexity index is 1110. The van der Waals surface area contributed by atoms with Crippen molar-refractivity contribution in [2.75, 3.05) is 13.1 Å². The fourth-order valence-electron chi connectivity index (χ4n) is 4.98. The molecule has 0 bridgehead atoms. The van der Waals surface area contributed by atoms with Gasteiger partial charge in [-0.15, -0.1) is 0 Å². The minimum atomic E-state index is -0.880. The SMILES string of the molecule is O=C1NC(=O)[C@](Cc2ccccc2)(C2CCN(Cc3cccc4nccnc34)CC2)N1. The summed E-state index contributed by atoms with van der Waals surface area (Å²) in [5, 5.41) is 5.47. The zero-order valence-corrected chi connectivity index (χ0v) is 17.3. The lowest BCUT2D eigenvalue weighted by atomic mass is 9.74. The Morgan fingerprint density at radius 2 is 1.74 bits per heavy atom. The lowest BCUT2D eigenvalue weighted by Crippen LogP contribution is -2.57. The smallest absolute Gasteiger partial charge is 0.322 e. The number of fused-ring (bicyclic) bond motifs is 1. The van der Waals surface area contributed by atoms with Crippen molar-refractivity contribution in [3.63, 3.8) is 0 Å². The van der Waals surface area contributed by atoms with E-state index in [0.29, 0.717) is 6.42 Å². The number of likely N-dealkylation sites (tertiary alicyclic amines) is 1. The molecule has 0 unspecified atom stereocenters. The Hall–Kier alpha value is -3.32. The van der Waals surface area contributed by atoms with Crippen LogP contribution in [0.2, 0.25) is 0 Å². The van der Waals surface area contributed by atoms with E-state index in [-0.39, 0.29) is 11.8 Å². The van der Waals surface area contributed by atoms with E-state index in [1.807, 2.05) is 42.5 Å². The lowest BCUT2D eigenvalue weighted by Gasteiger charge is -2.40. The van der Waals surface area contributed by atoms with E-state index in [4.69, 9.17) is 0 Å². The molecule has 2 fully saturated rings. The number of para-hydroxylation sites is 1. The third kappa shape index (κ3) is 3.77. The van der Waals surface area contributed by atoms with E-state index < -0.39 is 11.6 Å². The summed E-state index contributed by atoms with van der Waals surface area (Å²) >= 11 is 0. The molecule has 3 heterocycles. The molecule has 0 radical (unpaired) electrons. The van der Waals surface area contributed by atoms with Gasteiger partial charge >= 0.3 is 6.03 Å². The largest absolute Gasteiger partial charge is 0.323 e. The van der Waals surface area contributed by atoms with E-state index >= 15 is 0 Å². The number of hydrogen-bond donors (Lipinski definition) is 2. The predicted molar refractivity (Wildman–Crippen MR) is 117 cm³/mol. The van der Waals surface area contributed by atoms with Crippen LogP contribution in [0.1, 0.15) is 24.0 Å². The Balaban J connectivity index is 1.32. The zero-order chi connectivity index (χ0) is 21.3. The van der Waals surface area contributed by atoms with Gasteiger partial charge in [-0.25, -0.2) is 4.79 Å². The van der Waals surface area contributed by atoms with Crippen LogP contribution in [0.25, 0.3) is 11.0 Å². The molecule has 2 aliphatic heterocycles. The number of nitrogens with one attached hydrogen (secondary N) is 2. The maximum Gasteiger partial charge on any atom is 0.322 e. The first-order chi connectivity index (χ1) is 15.1. The van der Waals surface area contributed by atoms with Crippen LogP contribution in [0.15, 0.2) is 60.9 Å². The Morgan fingerprint density at radius 3 is 2.48 bits per heavy atom. The number of imide groups is 1. The number of aromatic nitrogens is 2. The summed E-state index contributed by atoms with van der Waals surface area (Å²) in [7, 11) is 0. The molecule has 2 N–H and O–H groups in total. The number of carbonyl (C=O) groups excluding carboxylic acids is 2. The average Bonchev–Trinajstić information content (AvgIpc) is 3.08. The summed E-state index contributed by atoms with van der Waals surface area (Å²) in [6.45, 7) is 2.52. The van der Waals surface area contributed by atoms with Gasteiger partial charge in [-0.05, 0) is 49.0 Å². The lowest BCUT2D eigenvalue weighted by molar-refractivity contribution is -0.126. The maximum atomic E-state index is 12.9. The van der Waals surface area contributed by atoms with Crippen LogP contribution < -0.4 is 10.6 Å². The van der Waals surface area contributed by atoms with Crippen LogP contribution in [-0.4, -0.2) is 45.4 Å². The Kier molecular flexibility index (Phi) is 5.11. The molecule has 1 aromatic heterocycles. The molecule has 0 aliphatic carbocycles. The fourth-order valence-corrected chi connectivity index (χ4v) is 4.98. The minimum Gasteiger partial charge on any atom is -0.323 e. The monoisotopic (exact) mass is 415 g/mol. The molecule has 158 valence electrons. The van der Waals surface area contributed by atoms with Gasteiger partial charge in [0, 0.05) is 25.4 Å². The Morgan fingerprint density at radius 1 is 0.968 bits per heavy atom. The van der Waals surface area contributed by atoms with Crippen molar-refractivity contribution < 1.29 is 9.59 Å². The van der Waals surface area contributed by atoms with Gasteiger partial charge in [0.05, 0.1) is 11.0 Å². The molecule has 7 heteroatoms. The molecule has 0 saturated carbocycles. The number of amides is 3. The van der Waals surface area contributed by atoms with Crippen LogP contribution in [0.5, 0.6) is 0 Å². The molecule has 31 heavy (non-hydrogen) atoms. The van der Waals surface area contributed by atoms with Crippen LogP contribution in [-0.2, 0) is 17.8 Å². The third-order valence-corrected chi connectivity index (χ3v) is 6.56. The van der Waals surface area contributed by atoms with Gasteiger partial charge in [0.25, 0.3) is 5.91 Å². The van der Waals surface area contributed by atoms with Gasteiger partial charge in [-0.1, -0.05) is 42.5 Å². The van der Waals surface area contributed by atoms with E-state index in [0.717, 1.165) is 54.6 Å². The van der Waals surface area contributed by atoms with Gasteiger partial charge in [-0.2, -0.15) is 0 Å². The van der Waals surface area contributed by atoms with Gasteiger partial charge in [0.15, 0.2) is 0 Å². The standard InChI is InChI=1S/C24H25N5O2/c30-22-24(28-23(31)27-22,15-17-5-2-1-3-6-17)19-9-13-29(14-10-19)16-18-7-4-8-20-21(18)26-12-11-25-20/h1-8,11-12,19H,9-10,13-16H2,(H2,27,28,30,31)/t24-/m0/s1. The minimum absolute atomic E-state index is 0.0858. The van der Waals surface area contributed by atoms with Crippen molar-refractivity contribution in [3.05, 3.63) is 72.1 Å². The van der Waals surface area contributed by atoms with E-state index in [1.54, 1.807) is 12.4 Å². The molecular weight excluding hydrogens is 390 g/mol. The number of hydrogen-bond acceptors (Lipinski definition) is 5. The van der Waals surface area contributed by atoms with Gasteiger partial charge in [0.2, 0.25) is 0 Å². The summed E-state index contributed by atoms with van der Waals surface area (Å²) in [6, 6.07) is 15.6. The molecule has 3 aromatic rings. The summed E-state index contributed by atoms with van der Waals surface area (Å²) < 4.78 is 0. The van der Waals surface area contributed by atoms with Gasteiger partial charge < -0.3 is 5.32 Å². The van der Waals surface area contributed by atoms with Crippen molar-refractivity contribution in [3.8, 4) is 0 Å². The predicted octanol–water partition coefficient (Wildman–Crippen LogP) is 2.66. The Labute approximate surface area is 180 Å². The number of rotatable bonds is 5. The molecule has 7 nitrogen and oxygen atoms in total. The molecule has 2 aromatic carbocycles. The molecule has 2 aliphatic rings. The molecule has 2 saturated heterocycles. The summed E-state index contributed by atoms with van der Waals surface area (Å²) in [5.74, 6) is -0.119. The normalized spacial score (nSPS) is 22.5. The average molecular weight is 415 g/mol. The highest BCUT2D eigenvalue weighted by Crippen LogP contribution is 2.34. The van der Waals surface area contributed by atoms with Crippen molar-refractivity contribution in [1.82, 2.24) is 25.5 Å². The van der Waals surface area contributed by atoms with Crippen molar-refractivity contribution in [1.29, 1.82) is 0 Å². The number of piperidine rings is 1. The maximum absolute atomic E-state index is 12.9. The first kappa shape index (κ1) is 19.6.